The van der Waals surface area contributed by atoms with Crippen LogP contribution in [-0.2, 0) is 17.6 Å². The summed E-state index contributed by atoms with van der Waals surface area (Å²) < 4.78 is 1.67. The van der Waals surface area contributed by atoms with Crippen molar-refractivity contribution < 1.29 is 4.79 Å². The summed E-state index contributed by atoms with van der Waals surface area (Å²) in [5, 5.41) is 6.68. The molecule has 0 fully saturated rings. The molecule has 0 spiro atoms. The van der Waals surface area contributed by atoms with Crippen LogP contribution < -0.4 is 16.2 Å². The highest BCUT2D eigenvalue weighted by Crippen LogP contribution is 2.34. The van der Waals surface area contributed by atoms with Crippen LogP contribution in [0.1, 0.15) is 57.0 Å². The van der Waals surface area contributed by atoms with Gasteiger partial charge in [0, 0.05) is 17.0 Å². The number of carbonyl (C=O) groups excluding carboxylic acids is 1. The summed E-state index contributed by atoms with van der Waals surface area (Å²) in [6, 6.07) is 0.0558. The third-order valence-corrected chi connectivity index (χ3v) is 5.58. The van der Waals surface area contributed by atoms with Crippen molar-refractivity contribution in [3.63, 3.8) is 0 Å². The Morgan fingerprint density at radius 2 is 1.96 bits per heavy atom. The summed E-state index contributed by atoms with van der Waals surface area (Å²) in [4.78, 5) is 31.9. The largest absolute Gasteiger partial charge is 0.352 e. The van der Waals surface area contributed by atoms with Crippen LogP contribution in [0.4, 0.5) is 5.95 Å². The Morgan fingerprint density at radius 1 is 1.24 bits per heavy atom. The van der Waals surface area contributed by atoms with E-state index in [4.69, 9.17) is 4.98 Å². The fraction of sp³-hybridized carbons (Fsp3) is 0.611. The number of carbonyl (C=O) groups is 1. The highest BCUT2D eigenvalue weighted by atomic mass is 32.1. The summed E-state index contributed by atoms with van der Waals surface area (Å²) in [7, 11) is 0. The van der Waals surface area contributed by atoms with Crippen molar-refractivity contribution in [2.45, 2.75) is 65.5 Å². The van der Waals surface area contributed by atoms with Crippen LogP contribution in [0.2, 0.25) is 0 Å². The van der Waals surface area contributed by atoms with E-state index in [2.05, 4.69) is 10.6 Å². The fourth-order valence-electron chi connectivity index (χ4n) is 3.35. The molecule has 2 heterocycles. The van der Waals surface area contributed by atoms with E-state index >= 15 is 0 Å². The SMILES string of the molecule is CC(C)NC(=O)CNc1nc2sc3c(c2c(=O)n1C(C)C)CCCC3. The van der Waals surface area contributed by atoms with E-state index in [1.165, 1.54) is 16.9 Å². The second-order valence-electron chi connectivity index (χ2n) is 7.17. The van der Waals surface area contributed by atoms with Gasteiger partial charge in [0.15, 0.2) is 0 Å². The van der Waals surface area contributed by atoms with Crippen LogP contribution in [0.25, 0.3) is 10.2 Å². The van der Waals surface area contributed by atoms with E-state index in [9.17, 15) is 9.59 Å². The van der Waals surface area contributed by atoms with E-state index in [1.54, 1.807) is 15.9 Å². The van der Waals surface area contributed by atoms with Crippen LogP contribution in [0.5, 0.6) is 0 Å². The van der Waals surface area contributed by atoms with Gasteiger partial charge in [-0.15, -0.1) is 11.3 Å². The summed E-state index contributed by atoms with van der Waals surface area (Å²) in [6.45, 7) is 7.87. The summed E-state index contributed by atoms with van der Waals surface area (Å²) in [5.41, 5.74) is 1.20. The molecule has 1 aliphatic rings. The molecular weight excluding hydrogens is 336 g/mol. The van der Waals surface area contributed by atoms with Crippen LogP contribution in [0, 0.1) is 0 Å². The van der Waals surface area contributed by atoms with Gasteiger partial charge in [-0.3, -0.25) is 14.2 Å². The molecule has 2 N–H and O–H groups in total. The predicted molar refractivity (Wildman–Crippen MR) is 103 cm³/mol. The van der Waals surface area contributed by atoms with E-state index in [0.29, 0.717) is 5.95 Å². The van der Waals surface area contributed by atoms with Crippen LogP contribution in [0.15, 0.2) is 4.79 Å². The molecule has 0 aliphatic heterocycles. The van der Waals surface area contributed by atoms with Gasteiger partial charge in [-0.2, -0.15) is 0 Å². The number of nitrogens with zero attached hydrogens (tertiary/aromatic N) is 2. The lowest BCUT2D eigenvalue weighted by atomic mass is 9.97. The Bertz CT molecular complexity index is 851. The first-order chi connectivity index (χ1) is 11.9. The number of anilines is 1. The first kappa shape index (κ1) is 17.9. The van der Waals surface area contributed by atoms with Gasteiger partial charge in [0.25, 0.3) is 5.56 Å². The van der Waals surface area contributed by atoms with Crippen molar-refractivity contribution >= 4 is 33.4 Å². The Kier molecular flexibility index (Phi) is 5.13. The second-order valence-corrected chi connectivity index (χ2v) is 8.25. The van der Waals surface area contributed by atoms with Gasteiger partial charge in [0.05, 0.1) is 11.9 Å². The van der Waals surface area contributed by atoms with E-state index in [1.807, 2.05) is 27.7 Å². The van der Waals surface area contributed by atoms with E-state index in [0.717, 1.165) is 29.5 Å². The Hall–Kier alpha value is -1.89. The first-order valence-corrected chi connectivity index (χ1v) is 9.80. The van der Waals surface area contributed by atoms with E-state index < -0.39 is 0 Å². The zero-order valence-electron chi connectivity index (χ0n) is 15.3. The van der Waals surface area contributed by atoms with Gasteiger partial charge in [-0.1, -0.05) is 0 Å². The number of nitrogens with one attached hydrogen (secondary N) is 2. The van der Waals surface area contributed by atoms with Gasteiger partial charge in [0.2, 0.25) is 11.9 Å². The minimum Gasteiger partial charge on any atom is -0.352 e. The van der Waals surface area contributed by atoms with Crippen molar-refractivity contribution in [1.29, 1.82) is 0 Å². The highest BCUT2D eigenvalue weighted by Gasteiger charge is 2.23. The average Bonchev–Trinajstić information content (AvgIpc) is 2.90. The average molecular weight is 362 g/mol. The zero-order valence-corrected chi connectivity index (χ0v) is 16.1. The number of fused-ring (bicyclic) bond motifs is 3. The van der Waals surface area contributed by atoms with E-state index in [-0.39, 0.29) is 30.1 Å². The lowest BCUT2D eigenvalue weighted by Gasteiger charge is -2.17. The molecule has 1 amide bonds. The van der Waals surface area contributed by atoms with Gasteiger partial charge in [-0.05, 0) is 58.9 Å². The number of aryl methyl sites for hydroxylation is 2. The van der Waals surface area contributed by atoms with Gasteiger partial charge < -0.3 is 10.6 Å². The summed E-state index contributed by atoms with van der Waals surface area (Å²) in [5.74, 6) is 0.370. The van der Waals surface area contributed by atoms with Crippen molar-refractivity contribution in [2.75, 3.05) is 11.9 Å². The molecular formula is C18H26N4O2S. The number of thiophene rings is 1. The molecule has 0 radical (unpaired) electrons. The van der Waals surface area contributed by atoms with Gasteiger partial charge in [0.1, 0.15) is 4.83 Å². The van der Waals surface area contributed by atoms with Crippen LogP contribution in [-0.4, -0.2) is 28.0 Å². The van der Waals surface area contributed by atoms with Crippen molar-refractivity contribution in [1.82, 2.24) is 14.9 Å². The molecule has 0 unspecified atom stereocenters. The maximum Gasteiger partial charge on any atom is 0.264 e. The molecule has 6 nitrogen and oxygen atoms in total. The van der Waals surface area contributed by atoms with Gasteiger partial charge in [-0.25, -0.2) is 4.98 Å². The zero-order chi connectivity index (χ0) is 18.1. The number of amides is 1. The standard InChI is InChI=1S/C18H26N4O2S/c1-10(2)20-14(23)9-19-18-21-16-15(17(24)22(18)11(3)4)12-7-5-6-8-13(12)25-16/h10-11H,5-9H2,1-4H3,(H,19,21)(H,20,23). The van der Waals surface area contributed by atoms with Gasteiger partial charge >= 0.3 is 0 Å². The molecule has 0 aromatic carbocycles. The maximum atomic E-state index is 13.1. The molecule has 7 heteroatoms. The number of hydrogen-bond donors (Lipinski definition) is 2. The van der Waals surface area contributed by atoms with Crippen molar-refractivity contribution in [3.05, 3.63) is 20.8 Å². The third kappa shape index (κ3) is 3.56. The molecule has 25 heavy (non-hydrogen) atoms. The maximum absolute atomic E-state index is 13.1. The lowest BCUT2D eigenvalue weighted by molar-refractivity contribution is -0.119. The monoisotopic (exact) mass is 362 g/mol. The summed E-state index contributed by atoms with van der Waals surface area (Å²) in [6.07, 6.45) is 4.32. The first-order valence-electron chi connectivity index (χ1n) is 8.98. The third-order valence-electron chi connectivity index (χ3n) is 4.39. The molecule has 0 atom stereocenters. The van der Waals surface area contributed by atoms with Crippen LogP contribution >= 0.6 is 11.3 Å². The minimum atomic E-state index is -0.106. The Balaban J connectivity index is 2.01. The number of hydrogen-bond acceptors (Lipinski definition) is 5. The van der Waals surface area contributed by atoms with Crippen molar-refractivity contribution in [2.24, 2.45) is 0 Å². The molecule has 136 valence electrons. The lowest BCUT2D eigenvalue weighted by Crippen LogP contribution is -2.36. The Morgan fingerprint density at radius 3 is 2.64 bits per heavy atom. The molecule has 1 aliphatic carbocycles. The summed E-state index contributed by atoms with van der Waals surface area (Å²) >= 11 is 1.63. The quantitative estimate of drug-likeness (QED) is 0.857. The van der Waals surface area contributed by atoms with Crippen LogP contribution in [0.3, 0.4) is 0 Å². The normalized spacial score (nSPS) is 14.2. The second kappa shape index (κ2) is 7.15. The fourth-order valence-corrected chi connectivity index (χ4v) is 4.61. The predicted octanol–water partition coefficient (Wildman–Crippen LogP) is 2.85. The molecule has 0 saturated carbocycles. The topological polar surface area (TPSA) is 76.0 Å². The number of rotatable bonds is 5. The minimum absolute atomic E-state index is 0.00571. The van der Waals surface area contributed by atoms with Crippen molar-refractivity contribution in [3.8, 4) is 0 Å². The smallest absolute Gasteiger partial charge is 0.264 e. The molecule has 2 aromatic heterocycles. The Labute approximate surface area is 151 Å². The highest BCUT2D eigenvalue weighted by molar-refractivity contribution is 7.18. The molecule has 0 bridgehead atoms. The molecule has 2 aromatic rings. The molecule has 3 rings (SSSR count). The molecule has 0 saturated heterocycles. The number of aromatic nitrogens is 2.